The summed E-state index contributed by atoms with van der Waals surface area (Å²) in [6.07, 6.45) is 1.70. The van der Waals surface area contributed by atoms with Gasteiger partial charge in [-0.1, -0.05) is 17.7 Å². The molecule has 2 N–H and O–H groups in total. The van der Waals surface area contributed by atoms with Gasteiger partial charge in [0.25, 0.3) is 5.56 Å². The number of nitrogens with one attached hydrogen (secondary N) is 2. The molecule has 27 heavy (non-hydrogen) atoms. The molecule has 2 aromatic heterocycles. The average molecular weight is 450 g/mol. The molecule has 0 spiro atoms. The molecule has 3 aromatic rings. The molecule has 1 saturated heterocycles. The number of fused-ring (bicyclic) bond motifs is 1. The summed E-state index contributed by atoms with van der Waals surface area (Å²) in [5, 5.41) is 7.97. The van der Waals surface area contributed by atoms with E-state index in [1.54, 1.807) is 23.9 Å². The molecular formula is C19H18BrClN4O2. The Morgan fingerprint density at radius 1 is 1.41 bits per heavy atom. The third-order valence-corrected chi connectivity index (χ3v) is 5.98. The molecule has 1 aromatic carbocycles. The lowest BCUT2D eigenvalue weighted by atomic mass is 10.1. The van der Waals surface area contributed by atoms with E-state index in [2.05, 4.69) is 31.5 Å². The second-order valence-corrected chi connectivity index (χ2v) is 7.60. The fourth-order valence-corrected chi connectivity index (χ4v) is 3.83. The fourth-order valence-electron chi connectivity index (χ4n) is 3.27. The van der Waals surface area contributed by atoms with E-state index >= 15 is 0 Å². The molecule has 1 aliphatic heterocycles. The van der Waals surface area contributed by atoms with E-state index in [-0.39, 0.29) is 11.6 Å². The number of halogens is 2. The standard InChI is InChI=1S/C19H18BrClN4O2/c1-25-16-5-4-13(20)17(21)12(16)9-14(19(25)26)24-18-11(3-2-6-23-18)15-10-27-8-7-22-15/h2-6,9,15,22H,7-8,10H2,1H3,(H,23,24). The second kappa shape index (κ2) is 7.59. The van der Waals surface area contributed by atoms with Crippen molar-refractivity contribution in [3.63, 3.8) is 0 Å². The van der Waals surface area contributed by atoms with Crippen LogP contribution in [-0.2, 0) is 11.8 Å². The SMILES string of the molecule is Cn1c(=O)c(Nc2ncccc2C2COCCN2)cc2c(Cl)c(Br)ccc21. The van der Waals surface area contributed by atoms with Gasteiger partial charge in [0.15, 0.2) is 0 Å². The third-order valence-electron chi connectivity index (χ3n) is 4.68. The number of hydrogen-bond acceptors (Lipinski definition) is 5. The molecule has 1 unspecified atom stereocenters. The number of ether oxygens (including phenoxy) is 1. The van der Waals surface area contributed by atoms with Gasteiger partial charge in [0.2, 0.25) is 0 Å². The lowest BCUT2D eigenvalue weighted by Gasteiger charge is -2.25. The van der Waals surface area contributed by atoms with Crippen molar-refractivity contribution in [3.8, 4) is 0 Å². The summed E-state index contributed by atoms with van der Waals surface area (Å²) in [5.41, 5.74) is 1.99. The molecule has 0 bridgehead atoms. The molecule has 0 saturated carbocycles. The Hall–Kier alpha value is -1.93. The van der Waals surface area contributed by atoms with Gasteiger partial charge < -0.3 is 19.9 Å². The topological polar surface area (TPSA) is 68.2 Å². The minimum absolute atomic E-state index is 0.0250. The molecule has 0 amide bonds. The van der Waals surface area contributed by atoms with Gasteiger partial charge in [-0.3, -0.25) is 4.79 Å². The van der Waals surface area contributed by atoms with E-state index in [0.29, 0.717) is 29.7 Å². The van der Waals surface area contributed by atoms with Crippen molar-refractivity contribution in [2.24, 2.45) is 7.05 Å². The number of aromatic nitrogens is 2. The third kappa shape index (κ3) is 3.48. The molecule has 0 aliphatic carbocycles. The van der Waals surface area contributed by atoms with Crippen molar-refractivity contribution in [2.75, 3.05) is 25.1 Å². The maximum atomic E-state index is 12.8. The van der Waals surface area contributed by atoms with Crippen LogP contribution < -0.4 is 16.2 Å². The van der Waals surface area contributed by atoms with Gasteiger partial charge in [-0.2, -0.15) is 0 Å². The molecule has 8 heteroatoms. The molecule has 0 radical (unpaired) electrons. The van der Waals surface area contributed by atoms with Crippen LogP contribution in [0.15, 0.2) is 45.8 Å². The van der Waals surface area contributed by atoms with Gasteiger partial charge in [0.05, 0.1) is 29.8 Å². The van der Waals surface area contributed by atoms with Gasteiger partial charge in [0.1, 0.15) is 11.5 Å². The zero-order valence-corrected chi connectivity index (χ0v) is 17.0. The van der Waals surface area contributed by atoms with Crippen LogP contribution in [0.1, 0.15) is 11.6 Å². The first kappa shape index (κ1) is 18.4. The van der Waals surface area contributed by atoms with Gasteiger partial charge in [-0.15, -0.1) is 0 Å². The van der Waals surface area contributed by atoms with Crippen LogP contribution in [0.4, 0.5) is 11.5 Å². The van der Waals surface area contributed by atoms with Gasteiger partial charge in [0, 0.05) is 35.2 Å². The number of pyridine rings is 2. The average Bonchev–Trinajstić information content (AvgIpc) is 2.70. The number of rotatable bonds is 3. The maximum absolute atomic E-state index is 12.8. The van der Waals surface area contributed by atoms with Crippen LogP contribution in [-0.4, -0.2) is 29.3 Å². The largest absolute Gasteiger partial charge is 0.378 e. The number of aryl methyl sites for hydroxylation is 1. The highest BCUT2D eigenvalue weighted by Crippen LogP contribution is 2.32. The molecular weight excluding hydrogens is 432 g/mol. The Morgan fingerprint density at radius 3 is 3.04 bits per heavy atom. The summed E-state index contributed by atoms with van der Waals surface area (Å²) in [5.74, 6) is 0.628. The van der Waals surface area contributed by atoms with Crippen LogP contribution in [0.2, 0.25) is 5.02 Å². The van der Waals surface area contributed by atoms with Crippen LogP contribution in [0.3, 0.4) is 0 Å². The highest BCUT2D eigenvalue weighted by molar-refractivity contribution is 9.10. The minimum Gasteiger partial charge on any atom is -0.378 e. The number of anilines is 2. The Kier molecular flexibility index (Phi) is 5.19. The lowest BCUT2D eigenvalue weighted by Crippen LogP contribution is -2.35. The van der Waals surface area contributed by atoms with Crippen molar-refractivity contribution in [1.29, 1.82) is 0 Å². The maximum Gasteiger partial charge on any atom is 0.274 e. The molecule has 1 atom stereocenters. The van der Waals surface area contributed by atoms with Crippen LogP contribution >= 0.6 is 27.5 Å². The van der Waals surface area contributed by atoms with E-state index in [0.717, 1.165) is 27.5 Å². The van der Waals surface area contributed by atoms with E-state index < -0.39 is 0 Å². The normalized spacial score (nSPS) is 17.2. The van der Waals surface area contributed by atoms with E-state index in [1.807, 2.05) is 24.3 Å². The quantitative estimate of drug-likeness (QED) is 0.637. The summed E-state index contributed by atoms with van der Waals surface area (Å²) >= 11 is 9.89. The number of benzene rings is 1. The first-order valence-corrected chi connectivity index (χ1v) is 9.74. The molecule has 6 nitrogen and oxygen atoms in total. The number of nitrogens with zero attached hydrogens (tertiary/aromatic N) is 2. The lowest BCUT2D eigenvalue weighted by molar-refractivity contribution is 0.0770. The predicted molar refractivity (Wildman–Crippen MR) is 111 cm³/mol. The second-order valence-electron chi connectivity index (χ2n) is 6.36. The van der Waals surface area contributed by atoms with E-state index in [1.165, 1.54) is 0 Å². The van der Waals surface area contributed by atoms with Crippen molar-refractivity contribution >= 4 is 49.9 Å². The zero-order chi connectivity index (χ0) is 19.0. The summed E-state index contributed by atoms with van der Waals surface area (Å²) in [4.78, 5) is 17.3. The summed E-state index contributed by atoms with van der Waals surface area (Å²) in [6.45, 7) is 2.04. The Bertz CT molecular complexity index is 1060. The van der Waals surface area contributed by atoms with E-state index in [4.69, 9.17) is 16.3 Å². The molecule has 4 rings (SSSR count). The molecule has 140 valence electrons. The van der Waals surface area contributed by atoms with Crippen LogP contribution in [0.5, 0.6) is 0 Å². The highest BCUT2D eigenvalue weighted by atomic mass is 79.9. The summed E-state index contributed by atoms with van der Waals surface area (Å²) in [6, 6.07) is 9.36. The zero-order valence-electron chi connectivity index (χ0n) is 14.6. The summed E-state index contributed by atoms with van der Waals surface area (Å²) < 4.78 is 7.93. The molecule has 1 fully saturated rings. The Balaban J connectivity index is 1.80. The monoisotopic (exact) mass is 448 g/mol. The van der Waals surface area contributed by atoms with Gasteiger partial charge >= 0.3 is 0 Å². The summed E-state index contributed by atoms with van der Waals surface area (Å²) in [7, 11) is 1.73. The van der Waals surface area contributed by atoms with Crippen molar-refractivity contribution in [1.82, 2.24) is 14.9 Å². The van der Waals surface area contributed by atoms with Crippen molar-refractivity contribution in [3.05, 3.63) is 61.9 Å². The fraction of sp³-hybridized carbons (Fsp3) is 0.263. The van der Waals surface area contributed by atoms with Crippen molar-refractivity contribution < 1.29 is 4.74 Å². The smallest absolute Gasteiger partial charge is 0.274 e. The first-order chi connectivity index (χ1) is 13.1. The predicted octanol–water partition coefficient (Wildman–Crippen LogP) is 3.75. The van der Waals surface area contributed by atoms with Gasteiger partial charge in [-0.05, 0) is 40.2 Å². The van der Waals surface area contributed by atoms with E-state index in [9.17, 15) is 4.79 Å². The molecule has 3 heterocycles. The first-order valence-electron chi connectivity index (χ1n) is 8.57. The number of morpholine rings is 1. The van der Waals surface area contributed by atoms with Crippen molar-refractivity contribution in [2.45, 2.75) is 6.04 Å². The Morgan fingerprint density at radius 2 is 2.26 bits per heavy atom. The van der Waals surface area contributed by atoms with Crippen LogP contribution in [0, 0.1) is 0 Å². The van der Waals surface area contributed by atoms with Gasteiger partial charge in [-0.25, -0.2) is 4.98 Å². The number of hydrogen-bond donors (Lipinski definition) is 2. The Labute approximate surface area is 169 Å². The highest BCUT2D eigenvalue weighted by Gasteiger charge is 2.20. The van der Waals surface area contributed by atoms with Crippen LogP contribution in [0.25, 0.3) is 10.9 Å². The minimum atomic E-state index is -0.148. The molecule has 1 aliphatic rings.